The van der Waals surface area contributed by atoms with Gasteiger partial charge in [0.25, 0.3) is 0 Å². The highest BCUT2D eigenvalue weighted by atomic mass is 32.1. The Balaban J connectivity index is 1.24. The van der Waals surface area contributed by atoms with Gasteiger partial charge in [-0.3, -0.25) is 10.1 Å². The van der Waals surface area contributed by atoms with E-state index >= 15 is 0 Å². The zero-order chi connectivity index (χ0) is 22.3. The van der Waals surface area contributed by atoms with E-state index in [4.69, 9.17) is 0 Å². The summed E-state index contributed by atoms with van der Waals surface area (Å²) < 4.78 is 0. The monoisotopic (exact) mass is 450 g/mol. The van der Waals surface area contributed by atoms with E-state index in [1.807, 2.05) is 55.5 Å². The van der Waals surface area contributed by atoms with Crippen molar-refractivity contribution in [3.63, 3.8) is 0 Å². The van der Waals surface area contributed by atoms with Crippen LogP contribution in [0.2, 0.25) is 0 Å². The Bertz CT molecular complexity index is 1030. The third-order valence-electron chi connectivity index (χ3n) is 5.32. The van der Waals surface area contributed by atoms with E-state index in [0.29, 0.717) is 23.9 Å². The standard InChI is InChI=1S/C23H26N6O2S/c1-17(18-7-3-2-4-8-18)25-21(30)15-19-16-32-22(26-19)27-23(31)29-13-11-28(12-14-29)20-9-5-6-10-24-20/h2-10,16-17H,11-15H2,1H3,(H,25,30)(H,26,27,31). The van der Waals surface area contributed by atoms with Gasteiger partial charge in [-0.15, -0.1) is 11.3 Å². The van der Waals surface area contributed by atoms with Gasteiger partial charge in [-0.05, 0) is 24.6 Å². The Morgan fingerprint density at radius 1 is 1.06 bits per heavy atom. The predicted molar refractivity (Wildman–Crippen MR) is 126 cm³/mol. The number of rotatable bonds is 6. The van der Waals surface area contributed by atoms with Crippen LogP contribution in [0.4, 0.5) is 15.7 Å². The Hall–Kier alpha value is -3.46. The van der Waals surface area contributed by atoms with Gasteiger partial charge in [0.05, 0.1) is 18.2 Å². The summed E-state index contributed by atoms with van der Waals surface area (Å²) in [7, 11) is 0. The van der Waals surface area contributed by atoms with Gasteiger partial charge in [0.15, 0.2) is 5.13 Å². The Labute approximate surface area is 191 Å². The Morgan fingerprint density at radius 2 is 1.81 bits per heavy atom. The summed E-state index contributed by atoms with van der Waals surface area (Å²) in [5, 5.41) is 8.15. The fraction of sp³-hybridized carbons (Fsp3) is 0.304. The zero-order valence-electron chi connectivity index (χ0n) is 17.9. The van der Waals surface area contributed by atoms with Crippen LogP contribution in [0, 0.1) is 0 Å². The number of aromatic nitrogens is 2. The molecule has 2 N–H and O–H groups in total. The SMILES string of the molecule is CC(NC(=O)Cc1csc(NC(=O)N2CCN(c3ccccn3)CC2)n1)c1ccccc1. The van der Waals surface area contributed by atoms with Gasteiger partial charge in [-0.25, -0.2) is 14.8 Å². The molecule has 3 heterocycles. The van der Waals surface area contributed by atoms with Crippen LogP contribution in [0.5, 0.6) is 0 Å². The second-order valence-electron chi connectivity index (χ2n) is 7.61. The fourth-order valence-electron chi connectivity index (χ4n) is 3.58. The first-order valence-electron chi connectivity index (χ1n) is 10.6. The number of hydrogen-bond acceptors (Lipinski definition) is 6. The van der Waals surface area contributed by atoms with Crippen LogP contribution in [-0.4, -0.2) is 53.0 Å². The highest BCUT2D eigenvalue weighted by Gasteiger charge is 2.22. The van der Waals surface area contributed by atoms with Gasteiger partial charge >= 0.3 is 6.03 Å². The number of nitrogens with one attached hydrogen (secondary N) is 2. The number of hydrogen-bond donors (Lipinski definition) is 2. The van der Waals surface area contributed by atoms with Crippen molar-refractivity contribution in [1.29, 1.82) is 0 Å². The average molecular weight is 451 g/mol. The van der Waals surface area contributed by atoms with Crippen molar-refractivity contribution < 1.29 is 9.59 Å². The van der Waals surface area contributed by atoms with E-state index in [9.17, 15) is 9.59 Å². The van der Waals surface area contributed by atoms with Crippen molar-refractivity contribution in [1.82, 2.24) is 20.2 Å². The lowest BCUT2D eigenvalue weighted by Crippen LogP contribution is -2.50. The van der Waals surface area contributed by atoms with Gasteiger partial charge in [0, 0.05) is 37.8 Å². The molecule has 1 saturated heterocycles. The number of pyridine rings is 1. The van der Waals surface area contributed by atoms with Crippen LogP contribution >= 0.6 is 11.3 Å². The number of benzene rings is 1. The number of anilines is 2. The third-order valence-corrected chi connectivity index (χ3v) is 6.13. The zero-order valence-corrected chi connectivity index (χ0v) is 18.7. The van der Waals surface area contributed by atoms with Gasteiger partial charge in [-0.2, -0.15) is 0 Å². The van der Waals surface area contributed by atoms with E-state index in [0.717, 1.165) is 24.5 Å². The molecule has 1 fully saturated rings. The lowest BCUT2D eigenvalue weighted by atomic mass is 10.1. The highest BCUT2D eigenvalue weighted by Crippen LogP contribution is 2.18. The molecule has 1 aromatic carbocycles. The van der Waals surface area contributed by atoms with E-state index in [1.54, 1.807) is 16.5 Å². The molecule has 0 aliphatic carbocycles. The number of carbonyl (C=O) groups is 2. The third kappa shape index (κ3) is 5.61. The molecule has 4 rings (SSSR count). The van der Waals surface area contributed by atoms with Crippen molar-refractivity contribution in [2.75, 3.05) is 36.4 Å². The normalized spacial score (nSPS) is 14.7. The minimum Gasteiger partial charge on any atom is -0.353 e. The van der Waals surface area contributed by atoms with Crippen molar-refractivity contribution in [3.05, 3.63) is 71.4 Å². The number of amides is 3. The summed E-state index contributed by atoms with van der Waals surface area (Å²) in [6.45, 7) is 4.63. The number of nitrogens with zero attached hydrogens (tertiary/aromatic N) is 4. The van der Waals surface area contributed by atoms with Gasteiger partial charge in [0.1, 0.15) is 5.82 Å². The number of urea groups is 1. The topological polar surface area (TPSA) is 90.5 Å². The van der Waals surface area contributed by atoms with Crippen LogP contribution in [0.1, 0.15) is 24.2 Å². The minimum absolute atomic E-state index is 0.0775. The van der Waals surface area contributed by atoms with E-state index in [-0.39, 0.29) is 24.4 Å². The molecule has 0 spiro atoms. The first-order chi connectivity index (χ1) is 15.6. The summed E-state index contributed by atoms with van der Waals surface area (Å²) in [5.74, 6) is 0.826. The maximum absolute atomic E-state index is 12.6. The summed E-state index contributed by atoms with van der Waals surface area (Å²) in [6, 6.07) is 15.4. The summed E-state index contributed by atoms with van der Waals surface area (Å²) in [5.41, 5.74) is 1.69. The molecule has 8 nitrogen and oxygen atoms in total. The Morgan fingerprint density at radius 3 is 2.53 bits per heavy atom. The van der Waals surface area contributed by atoms with Crippen LogP contribution in [0.15, 0.2) is 60.1 Å². The lowest BCUT2D eigenvalue weighted by Gasteiger charge is -2.35. The number of carbonyl (C=O) groups excluding carboxylic acids is 2. The molecular formula is C23H26N6O2S. The molecule has 0 radical (unpaired) electrons. The van der Waals surface area contributed by atoms with Crippen LogP contribution < -0.4 is 15.5 Å². The molecule has 1 aliphatic rings. The minimum atomic E-state index is -0.172. The average Bonchev–Trinajstić information content (AvgIpc) is 3.26. The van der Waals surface area contributed by atoms with Crippen molar-refractivity contribution >= 4 is 34.2 Å². The van der Waals surface area contributed by atoms with Crippen LogP contribution in [-0.2, 0) is 11.2 Å². The highest BCUT2D eigenvalue weighted by molar-refractivity contribution is 7.13. The van der Waals surface area contributed by atoms with Gasteiger partial charge in [0.2, 0.25) is 5.91 Å². The maximum Gasteiger partial charge on any atom is 0.323 e. The molecule has 3 amide bonds. The second kappa shape index (κ2) is 10.2. The van der Waals surface area contributed by atoms with Gasteiger partial charge < -0.3 is 15.1 Å². The van der Waals surface area contributed by atoms with E-state index in [2.05, 4.69) is 25.5 Å². The first kappa shape index (κ1) is 21.8. The molecule has 0 bridgehead atoms. The summed E-state index contributed by atoms with van der Waals surface area (Å²) in [4.78, 5) is 37.7. The van der Waals surface area contributed by atoms with E-state index in [1.165, 1.54) is 11.3 Å². The molecule has 1 atom stereocenters. The quantitative estimate of drug-likeness (QED) is 0.601. The number of piperazine rings is 1. The first-order valence-corrected chi connectivity index (χ1v) is 11.5. The molecule has 32 heavy (non-hydrogen) atoms. The molecule has 1 unspecified atom stereocenters. The smallest absolute Gasteiger partial charge is 0.323 e. The largest absolute Gasteiger partial charge is 0.353 e. The molecule has 3 aromatic rings. The maximum atomic E-state index is 12.6. The summed E-state index contributed by atoms with van der Waals surface area (Å²) in [6.07, 6.45) is 1.95. The van der Waals surface area contributed by atoms with Crippen LogP contribution in [0.25, 0.3) is 0 Å². The summed E-state index contributed by atoms with van der Waals surface area (Å²) >= 11 is 1.33. The fourth-order valence-corrected chi connectivity index (χ4v) is 4.28. The number of thiazole rings is 1. The molecule has 9 heteroatoms. The second-order valence-corrected chi connectivity index (χ2v) is 8.47. The molecule has 0 saturated carbocycles. The van der Waals surface area contributed by atoms with Gasteiger partial charge in [-0.1, -0.05) is 36.4 Å². The molecule has 1 aliphatic heterocycles. The molecular weight excluding hydrogens is 424 g/mol. The molecule has 166 valence electrons. The molecule has 2 aromatic heterocycles. The van der Waals surface area contributed by atoms with E-state index < -0.39 is 0 Å². The van der Waals surface area contributed by atoms with Crippen LogP contribution in [0.3, 0.4) is 0 Å². The van der Waals surface area contributed by atoms with Crippen molar-refractivity contribution in [2.24, 2.45) is 0 Å². The predicted octanol–water partition coefficient (Wildman–Crippen LogP) is 3.31. The van der Waals surface area contributed by atoms with Crippen molar-refractivity contribution in [2.45, 2.75) is 19.4 Å². The lowest BCUT2D eigenvalue weighted by molar-refractivity contribution is -0.121. The van der Waals surface area contributed by atoms with Crippen molar-refractivity contribution in [3.8, 4) is 0 Å². The Kier molecular flexibility index (Phi) is 6.96.